The molecule has 2 N–H and O–H groups in total. The topological polar surface area (TPSA) is 118 Å². The fourth-order valence-corrected chi connectivity index (χ4v) is 10.7. The van der Waals surface area contributed by atoms with Gasteiger partial charge in [-0.1, -0.05) is 13.8 Å². The molecule has 15 atom stereocenters. The highest BCUT2D eigenvalue weighted by atomic mass is 16.7. The molecular formula is C30H42O8. The Labute approximate surface area is 224 Å². The van der Waals surface area contributed by atoms with Crippen molar-refractivity contribution in [3.63, 3.8) is 0 Å². The van der Waals surface area contributed by atoms with Crippen LogP contribution < -0.4 is 0 Å². The Morgan fingerprint density at radius 3 is 2.61 bits per heavy atom. The number of ether oxygens (including phenoxy) is 4. The zero-order valence-corrected chi connectivity index (χ0v) is 23.3. The highest BCUT2D eigenvalue weighted by Crippen LogP contribution is 2.73. The van der Waals surface area contributed by atoms with Crippen LogP contribution in [0, 0.1) is 40.4 Å². The summed E-state index contributed by atoms with van der Waals surface area (Å²) in [5.41, 5.74) is -2.79. The smallest absolute Gasteiger partial charge is 0.302 e. The molecule has 3 saturated heterocycles. The predicted octanol–water partition coefficient (Wildman–Crippen LogP) is 2.93. The Bertz CT molecular complexity index is 1120. The third kappa shape index (κ3) is 2.84. The molecule has 8 heteroatoms. The van der Waals surface area contributed by atoms with E-state index in [2.05, 4.69) is 20.8 Å². The van der Waals surface area contributed by atoms with Crippen LogP contribution in [0.15, 0.2) is 12.2 Å². The fourth-order valence-electron chi connectivity index (χ4n) is 10.7. The molecule has 4 aliphatic carbocycles. The number of aliphatic hydroxyl groups is 2. The number of aliphatic hydroxyl groups excluding tert-OH is 2. The molecule has 0 aromatic carbocycles. The maximum absolute atomic E-state index is 13.5. The van der Waals surface area contributed by atoms with Crippen LogP contribution >= 0.6 is 0 Å². The summed E-state index contributed by atoms with van der Waals surface area (Å²) in [6.45, 7) is 12.0. The number of esters is 1. The van der Waals surface area contributed by atoms with Crippen molar-refractivity contribution in [3.8, 4) is 0 Å². The van der Waals surface area contributed by atoms with E-state index in [9.17, 15) is 19.8 Å². The summed E-state index contributed by atoms with van der Waals surface area (Å²) in [6.07, 6.45) is 4.80. The van der Waals surface area contributed by atoms with Crippen molar-refractivity contribution >= 4 is 11.8 Å². The molecule has 3 aliphatic heterocycles. The van der Waals surface area contributed by atoms with E-state index in [0.717, 1.165) is 32.1 Å². The first-order valence-corrected chi connectivity index (χ1v) is 14.5. The molecule has 0 aromatic heterocycles. The van der Waals surface area contributed by atoms with Crippen LogP contribution in [0.5, 0.6) is 0 Å². The third-order valence-electron chi connectivity index (χ3n) is 13.0. The van der Waals surface area contributed by atoms with E-state index in [1.54, 1.807) is 12.2 Å². The molecule has 0 bridgehead atoms. The van der Waals surface area contributed by atoms with Crippen LogP contribution in [-0.2, 0) is 28.5 Å². The summed E-state index contributed by atoms with van der Waals surface area (Å²) in [5.74, 6) is 0.378. The lowest BCUT2D eigenvalue weighted by Gasteiger charge is -2.58. The predicted molar refractivity (Wildman–Crippen MR) is 135 cm³/mol. The van der Waals surface area contributed by atoms with Crippen LogP contribution in [0.2, 0.25) is 0 Å². The molecule has 38 heavy (non-hydrogen) atoms. The van der Waals surface area contributed by atoms with Gasteiger partial charge in [-0.05, 0) is 87.7 Å². The summed E-state index contributed by atoms with van der Waals surface area (Å²) >= 11 is 0. The first-order chi connectivity index (χ1) is 17.7. The molecule has 3 heterocycles. The van der Waals surface area contributed by atoms with E-state index in [4.69, 9.17) is 18.9 Å². The van der Waals surface area contributed by atoms with Crippen LogP contribution in [0.3, 0.4) is 0 Å². The molecule has 6 unspecified atom stereocenters. The van der Waals surface area contributed by atoms with Gasteiger partial charge in [0.1, 0.15) is 29.0 Å². The maximum atomic E-state index is 13.5. The first-order valence-electron chi connectivity index (χ1n) is 14.5. The Balaban J connectivity index is 1.23. The minimum absolute atomic E-state index is 0.0425. The maximum Gasteiger partial charge on any atom is 0.302 e. The van der Waals surface area contributed by atoms with E-state index in [-0.39, 0.29) is 65.1 Å². The molecule has 8 nitrogen and oxygen atoms in total. The second kappa shape index (κ2) is 7.49. The Hall–Kier alpha value is -1.32. The van der Waals surface area contributed by atoms with Crippen molar-refractivity contribution in [2.45, 2.75) is 121 Å². The van der Waals surface area contributed by atoms with Crippen LogP contribution in [-0.4, -0.2) is 69.5 Å². The van der Waals surface area contributed by atoms with Gasteiger partial charge >= 0.3 is 5.97 Å². The van der Waals surface area contributed by atoms with Gasteiger partial charge in [0.2, 0.25) is 0 Å². The quantitative estimate of drug-likeness (QED) is 0.423. The van der Waals surface area contributed by atoms with E-state index < -0.39 is 34.6 Å². The standard InChI is InChI=1S/C30H42O8/c1-14(20-13-27(4)29(6,38-27)25(34)36-20)18-12-19(35-15(2)31)24-16-11-23-30(37-23)22(33)8-7-21(32)28(30,5)17(16)9-10-26(18,24)3/h7-8,14,16-20,22-25,33-34H,9-13H2,1-6H3/t14-,16?,17?,18?,19-,20?,22-,23+,24?,25?,26+,27-,28-,29+,30+/m0/s1. The number of hydrogen-bond donors (Lipinski definition) is 2. The van der Waals surface area contributed by atoms with Gasteiger partial charge in [-0.25, -0.2) is 0 Å². The van der Waals surface area contributed by atoms with Crippen molar-refractivity contribution < 1.29 is 38.7 Å². The fraction of sp³-hybridized carbons (Fsp3) is 0.867. The molecule has 7 rings (SSSR count). The van der Waals surface area contributed by atoms with E-state index in [1.165, 1.54) is 6.92 Å². The third-order valence-corrected chi connectivity index (χ3v) is 13.0. The van der Waals surface area contributed by atoms with Gasteiger partial charge in [0, 0.05) is 19.3 Å². The largest absolute Gasteiger partial charge is 0.462 e. The molecule has 6 fully saturated rings. The second-order valence-corrected chi connectivity index (χ2v) is 14.4. The molecule has 0 aromatic rings. The van der Waals surface area contributed by atoms with E-state index >= 15 is 0 Å². The summed E-state index contributed by atoms with van der Waals surface area (Å²) in [6, 6.07) is 0. The molecule has 0 amide bonds. The summed E-state index contributed by atoms with van der Waals surface area (Å²) < 4.78 is 24.5. The summed E-state index contributed by atoms with van der Waals surface area (Å²) in [4.78, 5) is 25.8. The lowest BCUT2D eigenvalue weighted by molar-refractivity contribution is -0.204. The number of carbonyl (C=O) groups is 2. The molecule has 3 saturated carbocycles. The van der Waals surface area contributed by atoms with Crippen molar-refractivity contribution in [1.82, 2.24) is 0 Å². The Kier molecular flexibility index (Phi) is 5.05. The zero-order valence-electron chi connectivity index (χ0n) is 23.3. The normalized spacial score (nSPS) is 60.5. The Morgan fingerprint density at radius 2 is 1.92 bits per heavy atom. The van der Waals surface area contributed by atoms with Crippen molar-refractivity contribution in [1.29, 1.82) is 0 Å². The number of hydrogen-bond acceptors (Lipinski definition) is 8. The average molecular weight is 531 g/mol. The van der Waals surface area contributed by atoms with Gasteiger partial charge in [-0.3, -0.25) is 9.59 Å². The number of epoxide rings is 2. The number of rotatable bonds is 3. The molecule has 7 aliphatic rings. The zero-order chi connectivity index (χ0) is 27.2. The van der Waals surface area contributed by atoms with Gasteiger partial charge in [-0.15, -0.1) is 0 Å². The molecule has 0 radical (unpaired) electrons. The lowest BCUT2D eigenvalue weighted by atomic mass is 9.44. The van der Waals surface area contributed by atoms with Gasteiger partial charge in [0.15, 0.2) is 12.1 Å². The van der Waals surface area contributed by atoms with Crippen LogP contribution in [0.25, 0.3) is 0 Å². The average Bonchev–Trinajstić information content (AvgIpc) is 3.68. The number of allylic oxidation sites excluding steroid dienone is 1. The highest BCUT2D eigenvalue weighted by Gasteiger charge is 2.81. The minimum Gasteiger partial charge on any atom is -0.462 e. The molecule has 1 spiro atoms. The SMILES string of the molecule is CC(=O)O[C@H]1CC([C@H](C)C2C[C@]3(C)O[C@]3(C)C(O)O2)[C@@]2(C)CCC3C(C[C@H]4O[C@]45[C@@H](O)C=CC(=O)[C@]35C)C12. The van der Waals surface area contributed by atoms with Crippen molar-refractivity contribution in [2.24, 2.45) is 40.4 Å². The first kappa shape index (κ1) is 25.6. The van der Waals surface area contributed by atoms with Gasteiger partial charge in [-0.2, -0.15) is 0 Å². The summed E-state index contributed by atoms with van der Waals surface area (Å²) in [5, 5.41) is 21.7. The van der Waals surface area contributed by atoms with E-state index in [0.29, 0.717) is 0 Å². The highest BCUT2D eigenvalue weighted by molar-refractivity contribution is 5.98. The monoisotopic (exact) mass is 530 g/mol. The van der Waals surface area contributed by atoms with Crippen LogP contribution in [0.1, 0.15) is 73.6 Å². The Morgan fingerprint density at radius 1 is 1.18 bits per heavy atom. The lowest BCUT2D eigenvalue weighted by Crippen LogP contribution is -2.64. The number of carbonyl (C=O) groups excluding carboxylic acids is 2. The van der Waals surface area contributed by atoms with Crippen molar-refractivity contribution in [2.75, 3.05) is 0 Å². The van der Waals surface area contributed by atoms with Gasteiger partial charge in [0.05, 0.1) is 17.6 Å². The second-order valence-electron chi connectivity index (χ2n) is 14.4. The van der Waals surface area contributed by atoms with Gasteiger partial charge < -0.3 is 29.2 Å². The van der Waals surface area contributed by atoms with Gasteiger partial charge in [0.25, 0.3) is 0 Å². The van der Waals surface area contributed by atoms with E-state index in [1.807, 2.05) is 13.8 Å². The number of ketones is 1. The summed E-state index contributed by atoms with van der Waals surface area (Å²) in [7, 11) is 0. The minimum atomic E-state index is -0.964. The van der Waals surface area contributed by atoms with Crippen LogP contribution in [0.4, 0.5) is 0 Å². The molecular weight excluding hydrogens is 488 g/mol. The van der Waals surface area contributed by atoms with Crippen molar-refractivity contribution in [3.05, 3.63) is 12.2 Å². The number of fused-ring (bicyclic) bond motifs is 5. The molecule has 210 valence electrons.